The lowest BCUT2D eigenvalue weighted by Crippen LogP contribution is -2.39. The average molecular weight is 649 g/mol. The van der Waals surface area contributed by atoms with Gasteiger partial charge in [-0.05, 0) is 79.9 Å². The number of fused-ring (bicyclic) bond motifs is 1. The van der Waals surface area contributed by atoms with E-state index in [1.165, 1.54) is 29.2 Å². The molecule has 5 rings (SSSR count). The van der Waals surface area contributed by atoms with Gasteiger partial charge in [0.2, 0.25) is 0 Å². The molecule has 0 aliphatic carbocycles. The number of esters is 1. The second-order valence-corrected chi connectivity index (χ2v) is 11.2. The molecular formula is C34H33ClN2O7S. The van der Waals surface area contributed by atoms with Gasteiger partial charge in [-0.1, -0.05) is 47.2 Å². The Labute approximate surface area is 269 Å². The first-order chi connectivity index (χ1) is 21.9. The molecule has 0 amide bonds. The van der Waals surface area contributed by atoms with Crippen LogP contribution in [0.5, 0.6) is 23.0 Å². The molecule has 0 fully saturated rings. The molecule has 3 aromatic carbocycles. The summed E-state index contributed by atoms with van der Waals surface area (Å²) in [5.74, 6) is 1.64. The largest absolute Gasteiger partial charge is 0.490 e. The molecule has 0 spiro atoms. The van der Waals surface area contributed by atoms with Gasteiger partial charge in [0.15, 0.2) is 27.8 Å². The standard InChI is InChI=1S/C34H33ClN2O7S/c1-5-41-26-15-11-23(18-29(26)43-7-3)31-25(33(39)40-4)19-36-34-37(31)32(38)30(45-34)17-22-10-14-27(28(16-22)42-6-2)44-20-21-8-12-24(35)13-9-21/h8-19,31H,5-7,20H2,1-4H3/b30-17-/t31-/m0/s1. The summed E-state index contributed by atoms with van der Waals surface area (Å²) < 4.78 is 30.5. The third-order valence-corrected chi connectivity index (χ3v) is 8.13. The van der Waals surface area contributed by atoms with Crippen molar-refractivity contribution in [1.82, 2.24) is 4.57 Å². The van der Waals surface area contributed by atoms with E-state index in [4.69, 9.17) is 35.3 Å². The van der Waals surface area contributed by atoms with Crippen LogP contribution in [0.3, 0.4) is 0 Å². The first kappa shape index (κ1) is 31.9. The number of ether oxygens (including phenoxy) is 5. The van der Waals surface area contributed by atoms with E-state index in [1.807, 2.05) is 69.3 Å². The van der Waals surface area contributed by atoms with Gasteiger partial charge in [-0.2, -0.15) is 0 Å². The highest BCUT2D eigenvalue weighted by Crippen LogP contribution is 2.35. The number of nitrogens with zero attached hydrogens (tertiary/aromatic N) is 2. The molecule has 0 N–H and O–H groups in total. The molecule has 0 saturated carbocycles. The van der Waals surface area contributed by atoms with Crippen molar-refractivity contribution in [2.24, 2.45) is 4.99 Å². The van der Waals surface area contributed by atoms with E-state index in [0.29, 0.717) is 69.3 Å². The molecule has 45 heavy (non-hydrogen) atoms. The maximum atomic E-state index is 14.0. The minimum absolute atomic E-state index is 0.226. The van der Waals surface area contributed by atoms with Crippen LogP contribution >= 0.6 is 22.9 Å². The summed E-state index contributed by atoms with van der Waals surface area (Å²) in [7, 11) is 1.30. The number of benzene rings is 3. The number of hydrogen-bond acceptors (Lipinski definition) is 9. The monoisotopic (exact) mass is 648 g/mol. The van der Waals surface area contributed by atoms with Crippen molar-refractivity contribution in [3.05, 3.63) is 114 Å². The van der Waals surface area contributed by atoms with Crippen LogP contribution in [0.2, 0.25) is 5.02 Å². The molecule has 1 aliphatic heterocycles. The molecule has 0 bridgehead atoms. The summed E-state index contributed by atoms with van der Waals surface area (Å²) in [5, 5.41) is 0.658. The van der Waals surface area contributed by atoms with Gasteiger partial charge >= 0.3 is 5.97 Å². The van der Waals surface area contributed by atoms with E-state index in [1.54, 1.807) is 18.2 Å². The second kappa shape index (κ2) is 14.5. The smallest absolute Gasteiger partial charge is 0.337 e. The van der Waals surface area contributed by atoms with Crippen molar-refractivity contribution in [3.8, 4) is 23.0 Å². The van der Waals surface area contributed by atoms with Crippen molar-refractivity contribution in [3.63, 3.8) is 0 Å². The highest BCUT2D eigenvalue weighted by atomic mass is 35.5. The van der Waals surface area contributed by atoms with Gasteiger partial charge in [-0.25, -0.2) is 9.79 Å². The predicted octanol–water partition coefficient (Wildman–Crippen LogP) is 5.45. The Balaban J connectivity index is 1.54. The molecule has 1 atom stereocenters. The summed E-state index contributed by atoms with van der Waals surface area (Å²) in [5.41, 5.74) is 2.29. The van der Waals surface area contributed by atoms with E-state index in [9.17, 15) is 9.59 Å². The van der Waals surface area contributed by atoms with Gasteiger partial charge in [-0.3, -0.25) is 9.36 Å². The summed E-state index contributed by atoms with van der Waals surface area (Å²) in [6.45, 7) is 7.31. The zero-order valence-corrected chi connectivity index (χ0v) is 26.9. The van der Waals surface area contributed by atoms with Crippen LogP contribution in [0.1, 0.15) is 43.5 Å². The molecule has 9 nitrogen and oxygen atoms in total. The summed E-state index contributed by atoms with van der Waals surface area (Å²) >= 11 is 7.23. The Hall–Kier alpha value is -4.54. The van der Waals surface area contributed by atoms with E-state index >= 15 is 0 Å². The van der Waals surface area contributed by atoms with Crippen molar-refractivity contribution in [2.75, 3.05) is 26.9 Å². The Morgan fingerprint density at radius 3 is 2.22 bits per heavy atom. The van der Waals surface area contributed by atoms with E-state index in [0.717, 1.165) is 11.1 Å². The lowest BCUT2D eigenvalue weighted by atomic mass is 9.97. The predicted molar refractivity (Wildman–Crippen MR) is 173 cm³/mol. The summed E-state index contributed by atoms with van der Waals surface area (Å²) in [4.78, 5) is 31.8. The van der Waals surface area contributed by atoms with Crippen LogP contribution in [-0.4, -0.2) is 37.5 Å². The number of aromatic nitrogens is 1. The molecule has 11 heteroatoms. The topological polar surface area (TPSA) is 97.6 Å². The summed E-state index contributed by atoms with van der Waals surface area (Å²) in [6.07, 6.45) is 3.24. The molecule has 0 unspecified atom stereocenters. The molecule has 234 valence electrons. The number of hydrogen-bond donors (Lipinski definition) is 0. The zero-order valence-electron chi connectivity index (χ0n) is 25.4. The Bertz CT molecular complexity index is 1900. The number of halogens is 1. The lowest BCUT2D eigenvalue weighted by molar-refractivity contribution is -0.136. The van der Waals surface area contributed by atoms with Crippen LogP contribution < -0.4 is 33.8 Å². The van der Waals surface area contributed by atoms with Crippen LogP contribution in [0.15, 0.2) is 82.2 Å². The van der Waals surface area contributed by atoms with Gasteiger partial charge in [0, 0.05) is 11.2 Å². The van der Waals surface area contributed by atoms with Crippen LogP contribution in [0.4, 0.5) is 0 Å². The van der Waals surface area contributed by atoms with Gasteiger partial charge in [0.05, 0.1) is 43.1 Å². The van der Waals surface area contributed by atoms with Crippen molar-refractivity contribution in [1.29, 1.82) is 0 Å². The van der Waals surface area contributed by atoms with Gasteiger partial charge in [-0.15, -0.1) is 0 Å². The van der Waals surface area contributed by atoms with Gasteiger partial charge in [0.1, 0.15) is 6.61 Å². The van der Waals surface area contributed by atoms with Crippen molar-refractivity contribution < 1.29 is 28.5 Å². The fourth-order valence-corrected chi connectivity index (χ4v) is 5.98. The minimum atomic E-state index is -0.784. The SMILES string of the molecule is CCOc1ccc([C@H]2C(C(=O)OC)=CN=c3s/c(=C\c4ccc(OCc5ccc(Cl)cc5)c(OCC)c4)c(=O)n32)cc1OCC. The third kappa shape index (κ3) is 7.08. The number of rotatable bonds is 12. The normalized spacial score (nSPS) is 14.2. The highest BCUT2D eigenvalue weighted by molar-refractivity contribution is 7.07. The lowest BCUT2D eigenvalue weighted by Gasteiger charge is -2.23. The maximum Gasteiger partial charge on any atom is 0.337 e. The van der Waals surface area contributed by atoms with Gasteiger partial charge < -0.3 is 23.7 Å². The fraction of sp³-hybridized carbons (Fsp3) is 0.265. The Morgan fingerprint density at radius 1 is 0.889 bits per heavy atom. The molecule has 0 saturated heterocycles. The van der Waals surface area contributed by atoms with E-state index in [2.05, 4.69) is 4.99 Å². The molecule has 2 heterocycles. The van der Waals surface area contributed by atoms with E-state index in [-0.39, 0.29) is 11.1 Å². The highest BCUT2D eigenvalue weighted by Gasteiger charge is 2.31. The number of carbonyl (C=O) groups is 1. The quantitative estimate of drug-likeness (QED) is 0.189. The fourth-order valence-electron chi connectivity index (χ4n) is 4.88. The van der Waals surface area contributed by atoms with Crippen LogP contribution in [0, 0.1) is 0 Å². The van der Waals surface area contributed by atoms with Crippen LogP contribution in [-0.2, 0) is 16.1 Å². The maximum absolute atomic E-state index is 14.0. The van der Waals surface area contributed by atoms with Crippen molar-refractivity contribution in [2.45, 2.75) is 33.4 Å². The molecule has 4 aromatic rings. The number of methoxy groups -OCH3 is 1. The van der Waals surface area contributed by atoms with Gasteiger partial charge in [0.25, 0.3) is 5.56 Å². The summed E-state index contributed by atoms with van der Waals surface area (Å²) in [6, 6.07) is 17.5. The Morgan fingerprint density at radius 2 is 1.53 bits per heavy atom. The molecule has 1 aromatic heterocycles. The average Bonchev–Trinajstić information content (AvgIpc) is 3.36. The van der Waals surface area contributed by atoms with Crippen molar-refractivity contribution >= 4 is 35.0 Å². The molecular weight excluding hydrogens is 616 g/mol. The number of thiazole rings is 1. The molecule has 0 radical (unpaired) electrons. The van der Waals surface area contributed by atoms with E-state index < -0.39 is 12.0 Å². The first-order valence-electron chi connectivity index (χ1n) is 14.5. The zero-order chi connectivity index (χ0) is 31.9. The van der Waals surface area contributed by atoms with Crippen LogP contribution in [0.25, 0.3) is 6.08 Å². The number of carbonyl (C=O) groups excluding carboxylic acids is 1. The second-order valence-electron chi connectivity index (χ2n) is 9.80. The third-order valence-electron chi connectivity index (χ3n) is 6.88. The molecule has 1 aliphatic rings. The first-order valence-corrected chi connectivity index (χ1v) is 15.7. The Kier molecular flexibility index (Phi) is 10.3. The minimum Gasteiger partial charge on any atom is -0.490 e.